The molecule has 6 heteroatoms. The minimum atomic E-state index is 0.196. The molecule has 0 bridgehead atoms. The Kier molecular flexibility index (Phi) is 7.05. The topological polar surface area (TPSA) is 52.4 Å². The van der Waals surface area contributed by atoms with E-state index < -0.39 is 0 Å². The van der Waals surface area contributed by atoms with Crippen molar-refractivity contribution in [2.45, 2.75) is 39.2 Å². The highest BCUT2D eigenvalue weighted by atomic mass is 16.5. The number of hydrogen-bond donors (Lipinski definition) is 1. The minimum absolute atomic E-state index is 0.196. The Labute approximate surface area is 168 Å². The first-order valence-corrected chi connectivity index (χ1v) is 10.5. The van der Waals surface area contributed by atoms with Crippen LogP contribution >= 0.6 is 0 Å². The van der Waals surface area contributed by atoms with Crippen LogP contribution in [0.5, 0.6) is 17.2 Å². The molecule has 156 valence electrons. The molecular formula is C22H35N2O4+. The third-order valence-corrected chi connectivity index (χ3v) is 6.24. The number of nitrogens with zero attached hydrogens (tertiary/aromatic N) is 1. The Hall–Kier alpha value is -1.95. The second kappa shape index (κ2) is 9.50. The maximum atomic E-state index is 12.9. The van der Waals surface area contributed by atoms with Crippen molar-refractivity contribution in [3.05, 3.63) is 17.7 Å². The predicted molar refractivity (Wildman–Crippen MR) is 108 cm³/mol. The van der Waals surface area contributed by atoms with Crippen LogP contribution in [0.25, 0.3) is 0 Å². The molecule has 0 spiro atoms. The molecule has 1 atom stereocenters. The summed E-state index contributed by atoms with van der Waals surface area (Å²) in [6.45, 7) is 7.02. The van der Waals surface area contributed by atoms with Crippen LogP contribution in [-0.2, 0) is 11.3 Å². The molecule has 28 heavy (non-hydrogen) atoms. The second-order valence-corrected chi connectivity index (χ2v) is 8.23. The van der Waals surface area contributed by atoms with E-state index in [0.29, 0.717) is 23.3 Å². The molecule has 3 rings (SSSR count). The smallest absolute Gasteiger partial charge is 0.226 e. The molecule has 0 aliphatic carbocycles. The van der Waals surface area contributed by atoms with Gasteiger partial charge in [-0.05, 0) is 30.9 Å². The van der Waals surface area contributed by atoms with Crippen molar-refractivity contribution in [2.24, 2.45) is 11.8 Å². The summed E-state index contributed by atoms with van der Waals surface area (Å²) in [5.74, 6) is 3.29. The lowest BCUT2D eigenvalue weighted by molar-refractivity contribution is -0.919. The normalized spacial score (nSPS) is 25.3. The third kappa shape index (κ3) is 4.54. The average molecular weight is 392 g/mol. The van der Waals surface area contributed by atoms with Crippen LogP contribution in [0.2, 0.25) is 0 Å². The first-order chi connectivity index (χ1) is 13.6. The molecule has 0 saturated carbocycles. The highest BCUT2D eigenvalue weighted by Gasteiger charge is 2.32. The molecule has 0 unspecified atom stereocenters. The van der Waals surface area contributed by atoms with E-state index in [9.17, 15) is 4.79 Å². The van der Waals surface area contributed by atoms with Crippen LogP contribution in [0.3, 0.4) is 0 Å². The van der Waals surface area contributed by atoms with Crippen molar-refractivity contribution in [3.8, 4) is 17.2 Å². The van der Waals surface area contributed by atoms with Crippen molar-refractivity contribution in [3.63, 3.8) is 0 Å². The number of methoxy groups -OCH3 is 3. The van der Waals surface area contributed by atoms with Gasteiger partial charge in [0.1, 0.15) is 6.54 Å². The number of nitrogens with one attached hydrogen (secondary N) is 1. The molecule has 1 aromatic carbocycles. The number of rotatable bonds is 6. The van der Waals surface area contributed by atoms with Crippen LogP contribution in [0.1, 0.15) is 38.2 Å². The lowest BCUT2D eigenvalue weighted by atomic mass is 9.92. The summed E-state index contributed by atoms with van der Waals surface area (Å²) in [7, 11) is 4.93. The first-order valence-electron chi connectivity index (χ1n) is 10.5. The number of carbonyl (C=O) groups is 1. The van der Waals surface area contributed by atoms with E-state index in [1.807, 2.05) is 6.07 Å². The van der Waals surface area contributed by atoms with Gasteiger partial charge in [0.15, 0.2) is 11.5 Å². The van der Waals surface area contributed by atoms with Crippen LogP contribution < -0.4 is 19.1 Å². The quantitative estimate of drug-likeness (QED) is 0.803. The summed E-state index contributed by atoms with van der Waals surface area (Å²) >= 11 is 0. The maximum Gasteiger partial charge on any atom is 0.226 e. The molecule has 0 radical (unpaired) electrons. The molecule has 2 heterocycles. The van der Waals surface area contributed by atoms with Crippen molar-refractivity contribution in [2.75, 3.05) is 47.5 Å². The fourth-order valence-corrected chi connectivity index (χ4v) is 4.67. The van der Waals surface area contributed by atoms with Gasteiger partial charge >= 0.3 is 0 Å². The van der Waals surface area contributed by atoms with E-state index in [0.717, 1.165) is 63.3 Å². The zero-order chi connectivity index (χ0) is 20.1. The van der Waals surface area contributed by atoms with Crippen LogP contribution in [0.15, 0.2) is 12.1 Å². The highest BCUT2D eigenvalue weighted by Crippen LogP contribution is 2.39. The summed E-state index contributed by atoms with van der Waals surface area (Å²) in [5.41, 5.74) is 1.12. The Bertz CT molecular complexity index is 671. The number of amides is 1. The van der Waals surface area contributed by atoms with E-state index in [1.165, 1.54) is 11.3 Å². The third-order valence-electron chi connectivity index (χ3n) is 6.24. The standard InChI is InChI=1S/C22H34N2O4/c1-16-6-5-11-24(14-16)22(25)17-9-12-23(13-10-17)15-18-7-8-19(26-2)21(28-4)20(18)27-3/h7-8,16-17H,5-6,9-15H2,1-4H3/p+1/t16-/m1/s1. The predicted octanol–water partition coefficient (Wildman–Crippen LogP) is 1.77. The lowest BCUT2D eigenvalue weighted by Gasteiger charge is -2.36. The van der Waals surface area contributed by atoms with Gasteiger partial charge < -0.3 is 24.0 Å². The average Bonchev–Trinajstić information content (AvgIpc) is 2.73. The van der Waals surface area contributed by atoms with Crippen molar-refractivity contribution in [1.82, 2.24) is 4.90 Å². The molecule has 6 nitrogen and oxygen atoms in total. The van der Waals surface area contributed by atoms with Gasteiger partial charge in [-0.3, -0.25) is 4.79 Å². The summed E-state index contributed by atoms with van der Waals surface area (Å²) in [5, 5.41) is 0. The summed E-state index contributed by atoms with van der Waals surface area (Å²) in [4.78, 5) is 16.5. The number of carbonyl (C=O) groups excluding carboxylic acids is 1. The molecule has 1 aromatic rings. The van der Waals surface area contributed by atoms with E-state index in [4.69, 9.17) is 14.2 Å². The summed E-state index contributed by atoms with van der Waals surface area (Å²) in [6.07, 6.45) is 4.33. The molecule has 2 aliphatic rings. The number of piperidine rings is 2. The number of likely N-dealkylation sites (tertiary alicyclic amines) is 2. The molecule has 2 aliphatic heterocycles. The minimum Gasteiger partial charge on any atom is -0.493 e. The van der Waals surface area contributed by atoms with Crippen LogP contribution in [0, 0.1) is 11.8 Å². The van der Waals surface area contributed by atoms with Gasteiger partial charge in [-0.1, -0.05) is 6.92 Å². The van der Waals surface area contributed by atoms with Gasteiger partial charge in [-0.2, -0.15) is 0 Å². The molecular weight excluding hydrogens is 356 g/mol. The number of ether oxygens (including phenoxy) is 3. The van der Waals surface area contributed by atoms with Crippen molar-refractivity contribution < 1.29 is 23.9 Å². The number of benzene rings is 1. The van der Waals surface area contributed by atoms with Gasteiger partial charge in [0.2, 0.25) is 11.7 Å². The van der Waals surface area contributed by atoms with Gasteiger partial charge in [0.25, 0.3) is 0 Å². The lowest BCUT2D eigenvalue weighted by Crippen LogP contribution is -3.11. The van der Waals surface area contributed by atoms with Gasteiger partial charge in [0, 0.05) is 31.8 Å². The van der Waals surface area contributed by atoms with Gasteiger partial charge in [-0.25, -0.2) is 0 Å². The molecule has 2 fully saturated rings. The molecule has 1 N–H and O–H groups in total. The zero-order valence-corrected chi connectivity index (χ0v) is 17.8. The molecule has 1 amide bonds. The van der Waals surface area contributed by atoms with E-state index in [1.54, 1.807) is 21.3 Å². The monoisotopic (exact) mass is 391 g/mol. The van der Waals surface area contributed by atoms with Gasteiger partial charge in [-0.15, -0.1) is 0 Å². The fourth-order valence-electron chi connectivity index (χ4n) is 4.67. The van der Waals surface area contributed by atoms with E-state index in [-0.39, 0.29) is 5.92 Å². The molecule has 0 aromatic heterocycles. The SMILES string of the molecule is COc1ccc(C[NH+]2CCC(C(=O)N3CCC[C@@H](C)C3)CC2)c(OC)c1OC. The van der Waals surface area contributed by atoms with Crippen molar-refractivity contribution in [1.29, 1.82) is 0 Å². The van der Waals surface area contributed by atoms with Gasteiger partial charge in [0.05, 0.1) is 40.0 Å². The first kappa shape index (κ1) is 20.8. The van der Waals surface area contributed by atoms with E-state index >= 15 is 0 Å². The number of hydrogen-bond acceptors (Lipinski definition) is 4. The molecule has 2 saturated heterocycles. The summed E-state index contributed by atoms with van der Waals surface area (Å²) < 4.78 is 16.5. The maximum absolute atomic E-state index is 12.9. The second-order valence-electron chi connectivity index (χ2n) is 8.23. The zero-order valence-electron chi connectivity index (χ0n) is 17.8. The van der Waals surface area contributed by atoms with Crippen molar-refractivity contribution >= 4 is 5.91 Å². The van der Waals surface area contributed by atoms with Crippen LogP contribution in [-0.4, -0.2) is 58.3 Å². The Balaban J connectivity index is 1.59. The largest absolute Gasteiger partial charge is 0.493 e. The highest BCUT2D eigenvalue weighted by molar-refractivity contribution is 5.79. The fraction of sp³-hybridized carbons (Fsp3) is 0.682. The number of quaternary nitrogens is 1. The van der Waals surface area contributed by atoms with Crippen LogP contribution in [0.4, 0.5) is 0 Å². The Morgan fingerprint density at radius 3 is 2.39 bits per heavy atom. The van der Waals surface area contributed by atoms with E-state index in [2.05, 4.69) is 17.9 Å². The Morgan fingerprint density at radius 2 is 1.79 bits per heavy atom. The Morgan fingerprint density at radius 1 is 1.07 bits per heavy atom. The summed E-state index contributed by atoms with van der Waals surface area (Å²) in [6, 6.07) is 3.99.